The van der Waals surface area contributed by atoms with Crippen LogP contribution in [0.3, 0.4) is 0 Å². The van der Waals surface area contributed by atoms with Gasteiger partial charge in [-0.25, -0.2) is 0 Å². The fraction of sp³-hybridized carbons (Fsp3) is 0.333. The first kappa shape index (κ1) is 17.7. The quantitative estimate of drug-likeness (QED) is 0.342. The molecule has 134 valence electrons. The summed E-state index contributed by atoms with van der Waals surface area (Å²) in [6, 6.07) is 11.8. The molecule has 0 aliphatic heterocycles. The predicted molar refractivity (Wildman–Crippen MR) is 96.4 cm³/mol. The first-order valence-corrected chi connectivity index (χ1v) is 8.68. The van der Waals surface area contributed by atoms with Crippen LogP contribution in [0.4, 0.5) is 0 Å². The molecule has 1 N–H and O–H groups in total. The summed E-state index contributed by atoms with van der Waals surface area (Å²) in [7, 11) is 0. The van der Waals surface area contributed by atoms with Crippen LogP contribution >= 0.6 is 0 Å². The number of nitrogens with zero attached hydrogens (tertiary/aromatic N) is 6. The standard InChI is InChI=1S/C18H21N7O/c1(6-10-17-21-24-25-22-17)2-7-13-26-23-18(15-8-4-3-5-9-15)16-11-12-19-20-14-16/h3-5,8-9,11-12,14H,1-2,6-7,10,13H2,(H,21,22,24,25)/b23-18-. The number of oxime groups is 1. The summed E-state index contributed by atoms with van der Waals surface area (Å²) in [5.41, 5.74) is 2.63. The Kier molecular flexibility index (Phi) is 6.77. The van der Waals surface area contributed by atoms with Gasteiger partial charge in [-0.15, -0.1) is 10.2 Å². The maximum Gasteiger partial charge on any atom is 0.174 e. The molecule has 0 saturated heterocycles. The van der Waals surface area contributed by atoms with Crippen LogP contribution in [0, 0.1) is 0 Å². The van der Waals surface area contributed by atoms with E-state index in [9.17, 15) is 0 Å². The minimum atomic E-state index is 0.580. The summed E-state index contributed by atoms with van der Waals surface area (Å²) in [5.74, 6) is 0.768. The van der Waals surface area contributed by atoms with E-state index < -0.39 is 0 Å². The molecule has 0 saturated carbocycles. The smallest absolute Gasteiger partial charge is 0.174 e. The van der Waals surface area contributed by atoms with E-state index in [1.807, 2.05) is 36.4 Å². The highest BCUT2D eigenvalue weighted by Gasteiger charge is 2.08. The second-order valence-electron chi connectivity index (χ2n) is 5.76. The molecule has 26 heavy (non-hydrogen) atoms. The third-order valence-electron chi connectivity index (χ3n) is 3.84. The van der Waals surface area contributed by atoms with Crippen molar-refractivity contribution >= 4 is 5.71 Å². The van der Waals surface area contributed by atoms with Gasteiger partial charge in [0.1, 0.15) is 12.3 Å². The van der Waals surface area contributed by atoms with Crippen LogP contribution in [0.5, 0.6) is 0 Å². The molecule has 0 unspecified atom stereocenters. The number of aryl methyl sites for hydroxylation is 1. The molecule has 0 bridgehead atoms. The molecular weight excluding hydrogens is 330 g/mol. The van der Waals surface area contributed by atoms with Gasteiger partial charge in [0.05, 0.1) is 12.4 Å². The zero-order valence-corrected chi connectivity index (χ0v) is 14.5. The van der Waals surface area contributed by atoms with Gasteiger partial charge < -0.3 is 4.84 Å². The van der Waals surface area contributed by atoms with Crippen molar-refractivity contribution in [1.82, 2.24) is 30.8 Å². The topological polar surface area (TPSA) is 102 Å². The summed E-state index contributed by atoms with van der Waals surface area (Å²) in [4.78, 5) is 5.56. The Hall–Kier alpha value is -3.16. The van der Waals surface area contributed by atoms with Gasteiger partial charge in [-0.3, -0.25) is 0 Å². The summed E-state index contributed by atoms with van der Waals surface area (Å²) in [6.07, 6.45) is 8.35. The Morgan fingerprint density at radius 2 is 1.85 bits per heavy atom. The van der Waals surface area contributed by atoms with Gasteiger partial charge in [-0.1, -0.05) is 47.1 Å². The fourth-order valence-corrected chi connectivity index (χ4v) is 2.50. The van der Waals surface area contributed by atoms with Crippen LogP contribution in [0.1, 0.15) is 42.6 Å². The van der Waals surface area contributed by atoms with Gasteiger partial charge in [0.25, 0.3) is 0 Å². The lowest BCUT2D eigenvalue weighted by Crippen LogP contribution is -2.05. The van der Waals surface area contributed by atoms with Gasteiger partial charge >= 0.3 is 0 Å². The highest BCUT2D eigenvalue weighted by Crippen LogP contribution is 2.10. The Bertz CT molecular complexity index is 734. The van der Waals surface area contributed by atoms with Crippen molar-refractivity contribution in [3.63, 3.8) is 0 Å². The molecule has 8 heteroatoms. The largest absolute Gasteiger partial charge is 0.395 e. The van der Waals surface area contributed by atoms with E-state index in [-0.39, 0.29) is 0 Å². The van der Waals surface area contributed by atoms with E-state index in [1.54, 1.807) is 12.4 Å². The van der Waals surface area contributed by atoms with Crippen LogP contribution in [-0.2, 0) is 11.3 Å². The van der Waals surface area contributed by atoms with Crippen LogP contribution in [-0.4, -0.2) is 43.1 Å². The normalized spacial score (nSPS) is 11.5. The number of hydrogen-bond acceptors (Lipinski definition) is 7. The summed E-state index contributed by atoms with van der Waals surface area (Å²) < 4.78 is 0. The van der Waals surface area contributed by atoms with Crippen LogP contribution in [0.25, 0.3) is 0 Å². The van der Waals surface area contributed by atoms with Crippen LogP contribution in [0.2, 0.25) is 0 Å². The van der Waals surface area contributed by atoms with E-state index in [4.69, 9.17) is 4.84 Å². The Balaban J connectivity index is 1.45. The van der Waals surface area contributed by atoms with Crippen molar-refractivity contribution in [2.75, 3.05) is 6.61 Å². The Morgan fingerprint density at radius 3 is 2.62 bits per heavy atom. The zero-order chi connectivity index (χ0) is 17.9. The second-order valence-corrected chi connectivity index (χ2v) is 5.76. The molecule has 1 aromatic carbocycles. The number of benzene rings is 1. The molecule has 0 aliphatic rings. The number of aromatic amines is 1. The minimum Gasteiger partial charge on any atom is -0.395 e. The van der Waals surface area contributed by atoms with Crippen molar-refractivity contribution in [3.05, 3.63) is 65.7 Å². The number of tetrazole rings is 1. The molecule has 0 amide bonds. The second kappa shape index (κ2) is 9.97. The number of H-pyrrole nitrogens is 1. The first-order valence-electron chi connectivity index (χ1n) is 8.68. The highest BCUT2D eigenvalue weighted by molar-refractivity contribution is 6.12. The third kappa shape index (κ3) is 5.44. The third-order valence-corrected chi connectivity index (χ3v) is 3.84. The van der Waals surface area contributed by atoms with Crippen molar-refractivity contribution < 1.29 is 4.84 Å². The molecule has 8 nitrogen and oxygen atoms in total. The van der Waals surface area contributed by atoms with Crippen molar-refractivity contribution in [2.45, 2.75) is 32.1 Å². The van der Waals surface area contributed by atoms with E-state index in [1.165, 1.54) is 0 Å². The molecule has 0 spiro atoms. The van der Waals surface area contributed by atoms with E-state index >= 15 is 0 Å². The summed E-state index contributed by atoms with van der Waals surface area (Å²) in [6.45, 7) is 0.580. The van der Waals surface area contributed by atoms with Gasteiger partial charge in [-0.05, 0) is 25.3 Å². The Morgan fingerprint density at radius 1 is 0.962 bits per heavy atom. The summed E-state index contributed by atoms with van der Waals surface area (Å²) in [5, 5.41) is 26.0. The highest BCUT2D eigenvalue weighted by atomic mass is 16.6. The Labute approximate surface area is 151 Å². The lowest BCUT2D eigenvalue weighted by atomic mass is 10.1. The average molecular weight is 351 g/mol. The molecular formula is C18H21N7O. The lowest BCUT2D eigenvalue weighted by molar-refractivity contribution is 0.140. The molecule has 0 aliphatic carbocycles. The first-order chi connectivity index (χ1) is 12.9. The molecule has 3 rings (SSSR count). The molecule has 0 fully saturated rings. The number of nitrogens with one attached hydrogen (secondary N) is 1. The van der Waals surface area contributed by atoms with Gasteiger partial charge in [-0.2, -0.15) is 15.4 Å². The fourth-order valence-electron chi connectivity index (χ4n) is 2.50. The number of unbranched alkanes of at least 4 members (excludes halogenated alkanes) is 3. The lowest BCUT2D eigenvalue weighted by Gasteiger charge is -2.07. The van der Waals surface area contributed by atoms with E-state index in [2.05, 4.69) is 36.0 Å². The zero-order valence-electron chi connectivity index (χ0n) is 14.5. The SMILES string of the molecule is c1ccc(/C(=N/OCCCCCCc2nn[nH]n2)c2ccnnc2)cc1. The van der Waals surface area contributed by atoms with Crippen LogP contribution in [0.15, 0.2) is 53.9 Å². The molecule has 0 atom stereocenters. The number of aromatic nitrogens is 6. The minimum absolute atomic E-state index is 0.580. The van der Waals surface area contributed by atoms with Crippen molar-refractivity contribution in [2.24, 2.45) is 5.16 Å². The molecule has 3 aromatic rings. The van der Waals surface area contributed by atoms with Gasteiger partial charge in [0.2, 0.25) is 0 Å². The van der Waals surface area contributed by atoms with E-state index in [0.29, 0.717) is 6.61 Å². The van der Waals surface area contributed by atoms with Gasteiger partial charge in [0, 0.05) is 17.5 Å². The maximum atomic E-state index is 5.56. The van der Waals surface area contributed by atoms with E-state index in [0.717, 1.165) is 54.8 Å². The van der Waals surface area contributed by atoms with Crippen molar-refractivity contribution in [3.8, 4) is 0 Å². The number of rotatable bonds is 10. The van der Waals surface area contributed by atoms with Crippen molar-refractivity contribution in [1.29, 1.82) is 0 Å². The molecule has 2 aromatic heterocycles. The maximum absolute atomic E-state index is 5.56. The van der Waals surface area contributed by atoms with Crippen LogP contribution < -0.4 is 0 Å². The van der Waals surface area contributed by atoms with Gasteiger partial charge in [0.15, 0.2) is 5.82 Å². The molecule has 2 heterocycles. The molecule has 0 radical (unpaired) electrons. The predicted octanol–water partition coefficient (Wildman–Crippen LogP) is 2.56. The monoisotopic (exact) mass is 351 g/mol. The summed E-state index contributed by atoms with van der Waals surface area (Å²) >= 11 is 0. The number of hydrogen-bond donors (Lipinski definition) is 1. The average Bonchev–Trinajstić information content (AvgIpc) is 3.22.